The first-order valence-electron chi connectivity index (χ1n) is 13.7. The average Bonchev–Trinajstić information content (AvgIpc) is 2.95. The fraction of sp³-hybridized carbons (Fsp3) is 0.265. The predicted octanol–water partition coefficient (Wildman–Crippen LogP) is 6.76. The Hall–Kier alpha value is -3.96. The zero-order valence-corrected chi connectivity index (χ0v) is 22.6. The Morgan fingerprint density at radius 3 is 2.51 bits per heavy atom. The van der Waals surface area contributed by atoms with E-state index in [4.69, 9.17) is 4.74 Å². The van der Waals surface area contributed by atoms with Gasteiger partial charge in [-0.2, -0.15) is 0 Å². The molecule has 5 heteroatoms. The molecule has 0 unspecified atom stereocenters. The number of rotatable bonds is 9. The summed E-state index contributed by atoms with van der Waals surface area (Å²) in [6.45, 7) is 6.22. The van der Waals surface area contributed by atoms with Gasteiger partial charge in [-0.05, 0) is 71.8 Å². The maximum absolute atomic E-state index is 13.2. The molecule has 4 nitrogen and oxygen atoms in total. The number of nitrogens with zero attached hydrogens (tertiary/aromatic N) is 1. The highest BCUT2D eigenvalue weighted by Gasteiger charge is 2.30. The SMILES string of the molecule is CC[C@H](Oc1ccc2c(c1)[C@@H](c1ccccc1)N(Cc1cccc(C)c1)CC2)C(=O)NCc1ccc(F)cc1. The second-order valence-electron chi connectivity index (χ2n) is 10.2. The van der Waals surface area contributed by atoms with Crippen LogP contribution >= 0.6 is 0 Å². The summed E-state index contributed by atoms with van der Waals surface area (Å²) in [4.78, 5) is 15.5. The predicted molar refractivity (Wildman–Crippen MR) is 153 cm³/mol. The van der Waals surface area contributed by atoms with Crippen LogP contribution in [0.15, 0.2) is 97.1 Å². The number of amides is 1. The zero-order chi connectivity index (χ0) is 27.2. The lowest BCUT2D eigenvalue weighted by atomic mass is 9.87. The van der Waals surface area contributed by atoms with Crippen molar-refractivity contribution in [2.45, 2.75) is 51.9 Å². The van der Waals surface area contributed by atoms with Crippen LogP contribution in [-0.4, -0.2) is 23.5 Å². The van der Waals surface area contributed by atoms with Gasteiger partial charge in [0.05, 0.1) is 6.04 Å². The summed E-state index contributed by atoms with van der Waals surface area (Å²) >= 11 is 0. The summed E-state index contributed by atoms with van der Waals surface area (Å²) in [6.07, 6.45) is 0.874. The van der Waals surface area contributed by atoms with Gasteiger partial charge in [0.25, 0.3) is 5.91 Å². The quantitative estimate of drug-likeness (QED) is 0.264. The molecule has 1 N–H and O–H groups in total. The third-order valence-electron chi connectivity index (χ3n) is 7.35. The highest BCUT2D eigenvalue weighted by atomic mass is 19.1. The zero-order valence-electron chi connectivity index (χ0n) is 22.6. The van der Waals surface area contributed by atoms with E-state index in [2.05, 4.69) is 77.8 Å². The van der Waals surface area contributed by atoms with Crippen molar-refractivity contribution in [3.63, 3.8) is 0 Å². The molecule has 0 radical (unpaired) electrons. The molecular weight excluding hydrogens is 487 g/mol. The van der Waals surface area contributed by atoms with E-state index >= 15 is 0 Å². The second-order valence-corrected chi connectivity index (χ2v) is 10.2. The van der Waals surface area contributed by atoms with Crippen molar-refractivity contribution in [2.24, 2.45) is 0 Å². The molecule has 1 heterocycles. The van der Waals surface area contributed by atoms with Crippen LogP contribution in [-0.2, 0) is 24.3 Å². The number of aryl methyl sites for hydroxylation is 1. The molecule has 4 aromatic rings. The van der Waals surface area contributed by atoms with Gasteiger partial charge in [-0.15, -0.1) is 0 Å². The van der Waals surface area contributed by atoms with Crippen LogP contribution in [0.1, 0.15) is 52.8 Å². The van der Waals surface area contributed by atoms with E-state index in [-0.39, 0.29) is 17.8 Å². The third-order valence-corrected chi connectivity index (χ3v) is 7.35. The summed E-state index contributed by atoms with van der Waals surface area (Å²) in [5, 5.41) is 2.93. The van der Waals surface area contributed by atoms with E-state index in [9.17, 15) is 9.18 Å². The maximum atomic E-state index is 13.2. The highest BCUT2D eigenvalue weighted by molar-refractivity contribution is 5.81. The van der Waals surface area contributed by atoms with Crippen molar-refractivity contribution >= 4 is 5.91 Å². The van der Waals surface area contributed by atoms with Crippen LogP contribution in [0.25, 0.3) is 0 Å². The molecule has 1 amide bonds. The number of halogens is 1. The lowest BCUT2D eigenvalue weighted by Crippen LogP contribution is -2.38. The van der Waals surface area contributed by atoms with Gasteiger partial charge in [-0.25, -0.2) is 4.39 Å². The normalized spacial score (nSPS) is 15.8. The number of carbonyl (C=O) groups is 1. The van der Waals surface area contributed by atoms with Gasteiger partial charge in [0.2, 0.25) is 0 Å². The molecule has 5 rings (SSSR count). The summed E-state index contributed by atoms with van der Waals surface area (Å²) in [6, 6.07) is 31.8. The minimum atomic E-state index is -0.620. The van der Waals surface area contributed by atoms with E-state index in [1.807, 2.05) is 19.1 Å². The van der Waals surface area contributed by atoms with Gasteiger partial charge in [0.15, 0.2) is 6.10 Å². The van der Waals surface area contributed by atoms with Crippen LogP contribution < -0.4 is 10.1 Å². The number of ether oxygens (including phenoxy) is 1. The van der Waals surface area contributed by atoms with Gasteiger partial charge in [0, 0.05) is 19.6 Å². The number of nitrogens with one attached hydrogen (secondary N) is 1. The van der Waals surface area contributed by atoms with Gasteiger partial charge in [-0.3, -0.25) is 9.69 Å². The van der Waals surface area contributed by atoms with E-state index < -0.39 is 6.10 Å². The molecule has 200 valence electrons. The summed E-state index contributed by atoms with van der Waals surface area (Å²) in [5.41, 5.74) is 7.18. The number of hydrogen-bond acceptors (Lipinski definition) is 3. The molecule has 39 heavy (non-hydrogen) atoms. The number of benzene rings is 4. The summed E-state index contributed by atoms with van der Waals surface area (Å²) < 4.78 is 19.5. The third kappa shape index (κ3) is 6.55. The van der Waals surface area contributed by atoms with Crippen LogP contribution in [0, 0.1) is 12.7 Å². The Labute approximate surface area is 230 Å². The highest BCUT2D eigenvalue weighted by Crippen LogP contribution is 2.38. The Kier molecular flexibility index (Phi) is 8.38. The van der Waals surface area contributed by atoms with Crippen LogP contribution in [0.2, 0.25) is 0 Å². The van der Waals surface area contributed by atoms with Gasteiger partial charge < -0.3 is 10.1 Å². The Morgan fingerprint density at radius 1 is 0.974 bits per heavy atom. The fourth-order valence-corrected chi connectivity index (χ4v) is 5.35. The first-order chi connectivity index (χ1) is 19.0. The van der Waals surface area contributed by atoms with Crippen molar-refractivity contribution in [3.05, 3.63) is 136 Å². The first-order valence-corrected chi connectivity index (χ1v) is 13.7. The molecule has 2 atom stereocenters. The van der Waals surface area contributed by atoms with Gasteiger partial charge in [0.1, 0.15) is 11.6 Å². The minimum absolute atomic E-state index is 0.0893. The first kappa shape index (κ1) is 26.6. The molecular formula is C34H35FN2O2. The lowest BCUT2D eigenvalue weighted by molar-refractivity contribution is -0.128. The Morgan fingerprint density at radius 2 is 1.77 bits per heavy atom. The summed E-state index contributed by atoms with van der Waals surface area (Å²) in [7, 11) is 0. The van der Waals surface area contributed by atoms with Crippen molar-refractivity contribution in [1.82, 2.24) is 10.2 Å². The fourth-order valence-electron chi connectivity index (χ4n) is 5.35. The molecule has 0 fully saturated rings. The van der Waals surface area contributed by atoms with Gasteiger partial charge in [-0.1, -0.05) is 85.3 Å². The van der Waals surface area contributed by atoms with Crippen molar-refractivity contribution in [3.8, 4) is 5.75 Å². The van der Waals surface area contributed by atoms with Crippen molar-refractivity contribution in [1.29, 1.82) is 0 Å². The monoisotopic (exact) mass is 522 g/mol. The molecule has 0 spiro atoms. The van der Waals surface area contributed by atoms with E-state index in [0.29, 0.717) is 18.7 Å². The van der Waals surface area contributed by atoms with Crippen LogP contribution in [0.5, 0.6) is 5.75 Å². The Balaban J connectivity index is 1.37. The topological polar surface area (TPSA) is 41.6 Å². The number of fused-ring (bicyclic) bond motifs is 1. The standard InChI is InChI=1S/C34H35FN2O2/c1-3-32(34(38)36-22-25-12-15-29(35)16-13-25)39-30-17-14-27-18-19-37(23-26-9-7-8-24(2)20-26)33(31(27)21-30)28-10-5-4-6-11-28/h4-17,20-21,32-33H,3,18-19,22-23H2,1-2H3,(H,36,38)/t32-,33+/m0/s1. The maximum Gasteiger partial charge on any atom is 0.261 e. The average molecular weight is 523 g/mol. The van der Waals surface area contributed by atoms with Crippen molar-refractivity contribution < 1.29 is 13.9 Å². The molecule has 1 aliphatic rings. The second kappa shape index (κ2) is 12.3. The Bertz CT molecular complexity index is 1400. The molecule has 4 aromatic carbocycles. The minimum Gasteiger partial charge on any atom is -0.481 e. The van der Waals surface area contributed by atoms with Gasteiger partial charge >= 0.3 is 0 Å². The van der Waals surface area contributed by atoms with Crippen LogP contribution in [0.4, 0.5) is 4.39 Å². The molecule has 1 aliphatic heterocycles. The molecule has 0 saturated heterocycles. The van der Waals surface area contributed by atoms with E-state index in [1.165, 1.54) is 39.9 Å². The largest absolute Gasteiger partial charge is 0.481 e. The number of hydrogen-bond donors (Lipinski definition) is 1. The smallest absolute Gasteiger partial charge is 0.261 e. The van der Waals surface area contributed by atoms with Crippen LogP contribution in [0.3, 0.4) is 0 Å². The molecule has 0 saturated carbocycles. The summed E-state index contributed by atoms with van der Waals surface area (Å²) in [5.74, 6) is 0.217. The van der Waals surface area contributed by atoms with E-state index in [1.54, 1.807) is 12.1 Å². The van der Waals surface area contributed by atoms with Crippen molar-refractivity contribution in [2.75, 3.05) is 6.54 Å². The van der Waals surface area contributed by atoms with E-state index in [0.717, 1.165) is 25.1 Å². The lowest BCUT2D eigenvalue weighted by Gasteiger charge is -2.38. The molecule has 0 bridgehead atoms. The number of carbonyl (C=O) groups excluding carboxylic acids is 1. The molecule has 0 aromatic heterocycles. The molecule has 0 aliphatic carbocycles.